The Bertz CT molecular complexity index is 759. The van der Waals surface area contributed by atoms with E-state index in [0.29, 0.717) is 28.8 Å². The van der Waals surface area contributed by atoms with Crippen molar-refractivity contribution in [2.24, 2.45) is 0 Å². The van der Waals surface area contributed by atoms with E-state index in [9.17, 15) is 0 Å². The number of fused-ring (bicyclic) bond motifs is 1. The van der Waals surface area contributed by atoms with Gasteiger partial charge in [0.25, 0.3) is 0 Å². The number of nitrogens with two attached hydrogens (primary N) is 1. The highest BCUT2D eigenvalue weighted by Gasteiger charge is 2.06. The largest absolute Gasteiger partial charge is 0.493 e. The van der Waals surface area contributed by atoms with Crippen LogP contribution in [-0.4, -0.2) is 17.1 Å². The highest BCUT2D eigenvalue weighted by molar-refractivity contribution is 5.76. The van der Waals surface area contributed by atoms with Crippen molar-refractivity contribution in [1.29, 1.82) is 0 Å². The van der Waals surface area contributed by atoms with Gasteiger partial charge in [-0.15, -0.1) is 0 Å². The van der Waals surface area contributed by atoms with Crippen molar-refractivity contribution in [1.82, 2.24) is 9.97 Å². The van der Waals surface area contributed by atoms with Gasteiger partial charge in [-0.25, -0.2) is 4.98 Å². The Morgan fingerprint density at radius 2 is 1.65 bits per heavy atom. The molecule has 0 unspecified atom stereocenters. The molecule has 3 aromatic rings. The molecule has 2 N–H and O–H groups in total. The molecule has 1 aromatic carbocycles. The summed E-state index contributed by atoms with van der Waals surface area (Å²) < 4.78 is 11.0. The van der Waals surface area contributed by atoms with Gasteiger partial charge in [-0.05, 0) is 30.3 Å². The number of para-hydroxylation sites is 2. The van der Waals surface area contributed by atoms with E-state index in [1.165, 1.54) is 0 Å². The van der Waals surface area contributed by atoms with E-state index in [2.05, 4.69) is 9.97 Å². The lowest BCUT2D eigenvalue weighted by Gasteiger charge is -2.09. The summed E-state index contributed by atoms with van der Waals surface area (Å²) in [5.74, 6) is 2.13. The average molecular weight is 267 g/mol. The molecule has 5 nitrogen and oxygen atoms in total. The lowest BCUT2D eigenvalue weighted by Crippen LogP contribution is -1.95. The predicted octanol–water partition coefficient (Wildman–Crippen LogP) is 3.01. The van der Waals surface area contributed by atoms with Gasteiger partial charge in [0.1, 0.15) is 5.82 Å². The van der Waals surface area contributed by atoms with Crippen LogP contribution in [0, 0.1) is 0 Å². The lowest BCUT2D eigenvalue weighted by atomic mass is 10.3. The maximum Gasteiger partial charge on any atom is 0.221 e. The maximum absolute atomic E-state index is 5.73. The fraction of sp³-hybridized carbons (Fsp3) is 0.0667. The topological polar surface area (TPSA) is 70.3 Å². The van der Waals surface area contributed by atoms with Crippen molar-refractivity contribution in [2.75, 3.05) is 12.8 Å². The molecular formula is C15H13N3O2. The second kappa shape index (κ2) is 5.05. The zero-order chi connectivity index (χ0) is 13.9. The van der Waals surface area contributed by atoms with Crippen LogP contribution >= 0.6 is 0 Å². The molecule has 2 aromatic heterocycles. The lowest BCUT2D eigenvalue weighted by molar-refractivity contribution is 0.374. The number of anilines is 1. The van der Waals surface area contributed by atoms with Crippen molar-refractivity contribution < 1.29 is 9.47 Å². The third-order valence-corrected chi connectivity index (χ3v) is 2.83. The smallest absolute Gasteiger partial charge is 0.221 e. The SMILES string of the molecule is COc1ccccc1Oc1ccc2ccc(N)nc2n1. The molecule has 0 saturated carbocycles. The Morgan fingerprint density at radius 3 is 2.45 bits per heavy atom. The second-order valence-electron chi connectivity index (χ2n) is 4.19. The van der Waals surface area contributed by atoms with Crippen LogP contribution in [-0.2, 0) is 0 Å². The Kier molecular flexibility index (Phi) is 3.09. The van der Waals surface area contributed by atoms with E-state index in [-0.39, 0.29) is 0 Å². The van der Waals surface area contributed by atoms with E-state index in [0.717, 1.165) is 5.39 Å². The van der Waals surface area contributed by atoms with E-state index >= 15 is 0 Å². The highest BCUT2D eigenvalue weighted by atomic mass is 16.5. The maximum atomic E-state index is 5.73. The fourth-order valence-electron chi connectivity index (χ4n) is 1.87. The summed E-state index contributed by atoms with van der Waals surface area (Å²) in [7, 11) is 1.60. The average Bonchev–Trinajstić information content (AvgIpc) is 2.47. The summed E-state index contributed by atoms with van der Waals surface area (Å²) in [5, 5.41) is 0.909. The predicted molar refractivity (Wildman–Crippen MR) is 77.0 cm³/mol. The van der Waals surface area contributed by atoms with Crippen LogP contribution < -0.4 is 15.2 Å². The summed E-state index contributed by atoms with van der Waals surface area (Å²) in [4.78, 5) is 8.51. The first kappa shape index (κ1) is 12.2. The first-order chi connectivity index (χ1) is 9.76. The molecule has 0 spiro atoms. The van der Waals surface area contributed by atoms with Crippen molar-refractivity contribution in [3.05, 3.63) is 48.5 Å². The Labute approximate surface area is 116 Å². The quantitative estimate of drug-likeness (QED) is 0.789. The standard InChI is InChI=1S/C15H13N3O2/c1-19-11-4-2-3-5-12(11)20-14-9-7-10-6-8-13(16)17-15(10)18-14/h2-9H,1H3,(H2,16,17,18). The Balaban J connectivity index is 1.98. The first-order valence-electron chi connectivity index (χ1n) is 6.10. The molecule has 100 valence electrons. The van der Waals surface area contributed by atoms with Gasteiger partial charge >= 0.3 is 0 Å². The normalized spacial score (nSPS) is 10.4. The van der Waals surface area contributed by atoms with E-state index in [1.807, 2.05) is 36.4 Å². The van der Waals surface area contributed by atoms with Crippen LogP contribution in [0.1, 0.15) is 0 Å². The van der Waals surface area contributed by atoms with Gasteiger partial charge in [0.15, 0.2) is 17.1 Å². The third-order valence-electron chi connectivity index (χ3n) is 2.83. The number of benzene rings is 1. The van der Waals surface area contributed by atoms with Crippen LogP contribution in [0.25, 0.3) is 11.0 Å². The number of pyridine rings is 2. The third kappa shape index (κ3) is 2.33. The van der Waals surface area contributed by atoms with E-state index in [4.69, 9.17) is 15.2 Å². The molecule has 5 heteroatoms. The van der Waals surface area contributed by atoms with Crippen molar-refractivity contribution >= 4 is 16.9 Å². The summed E-state index contributed by atoms with van der Waals surface area (Å²) in [6.45, 7) is 0. The number of nitrogens with zero attached hydrogens (tertiary/aromatic N) is 2. The molecule has 0 aliphatic carbocycles. The summed E-state index contributed by atoms with van der Waals surface area (Å²) in [6.07, 6.45) is 0. The number of hydrogen-bond acceptors (Lipinski definition) is 5. The van der Waals surface area contributed by atoms with Crippen LogP contribution in [0.3, 0.4) is 0 Å². The van der Waals surface area contributed by atoms with Crippen molar-refractivity contribution in [2.45, 2.75) is 0 Å². The molecular weight excluding hydrogens is 254 g/mol. The number of ether oxygens (including phenoxy) is 2. The number of methoxy groups -OCH3 is 1. The number of aromatic nitrogens is 2. The van der Waals surface area contributed by atoms with Crippen LogP contribution in [0.2, 0.25) is 0 Å². The molecule has 0 aliphatic heterocycles. The molecule has 0 fully saturated rings. The van der Waals surface area contributed by atoms with Gasteiger partial charge in [0.05, 0.1) is 7.11 Å². The van der Waals surface area contributed by atoms with E-state index in [1.54, 1.807) is 19.2 Å². The molecule has 20 heavy (non-hydrogen) atoms. The molecule has 0 radical (unpaired) electrons. The number of nitrogen functional groups attached to an aromatic ring is 1. The molecule has 3 rings (SSSR count). The molecule has 0 amide bonds. The van der Waals surface area contributed by atoms with Crippen molar-refractivity contribution in [3.63, 3.8) is 0 Å². The zero-order valence-corrected chi connectivity index (χ0v) is 10.9. The molecule has 0 saturated heterocycles. The zero-order valence-electron chi connectivity index (χ0n) is 10.9. The summed E-state index contributed by atoms with van der Waals surface area (Å²) in [6, 6.07) is 14.7. The number of rotatable bonds is 3. The monoisotopic (exact) mass is 267 g/mol. The molecule has 2 heterocycles. The van der Waals surface area contributed by atoms with Gasteiger partial charge in [0, 0.05) is 11.5 Å². The van der Waals surface area contributed by atoms with Gasteiger partial charge in [0.2, 0.25) is 5.88 Å². The Morgan fingerprint density at radius 1 is 0.900 bits per heavy atom. The van der Waals surface area contributed by atoms with E-state index < -0.39 is 0 Å². The first-order valence-corrected chi connectivity index (χ1v) is 6.10. The minimum atomic E-state index is 0.430. The second-order valence-corrected chi connectivity index (χ2v) is 4.19. The summed E-state index contributed by atoms with van der Waals surface area (Å²) >= 11 is 0. The van der Waals surface area contributed by atoms with Crippen LogP contribution in [0.5, 0.6) is 17.4 Å². The Hall–Kier alpha value is -2.82. The molecule has 0 bridgehead atoms. The minimum Gasteiger partial charge on any atom is -0.493 e. The van der Waals surface area contributed by atoms with Crippen LogP contribution in [0.4, 0.5) is 5.82 Å². The summed E-state index contributed by atoms with van der Waals surface area (Å²) in [5.41, 5.74) is 6.21. The van der Waals surface area contributed by atoms with Gasteiger partial charge in [-0.3, -0.25) is 0 Å². The highest BCUT2D eigenvalue weighted by Crippen LogP contribution is 2.30. The van der Waals surface area contributed by atoms with Crippen molar-refractivity contribution in [3.8, 4) is 17.4 Å². The van der Waals surface area contributed by atoms with Gasteiger partial charge in [-0.2, -0.15) is 4.98 Å². The van der Waals surface area contributed by atoms with Crippen LogP contribution in [0.15, 0.2) is 48.5 Å². The fourth-order valence-corrected chi connectivity index (χ4v) is 1.87. The van der Waals surface area contributed by atoms with Gasteiger partial charge < -0.3 is 15.2 Å². The minimum absolute atomic E-state index is 0.430. The number of hydrogen-bond donors (Lipinski definition) is 1. The van der Waals surface area contributed by atoms with Gasteiger partial charge in [-0.1, -0.05) is 12.1 Å². The molecule has 0 aliphatic rings. The molecule has 0 atom stereocenters.